The molecule has 0 spiro atoms. The smallest absolute Gasteiger partial charge is 0.0324 e. The average molecular weight is 178 g/mol. The summed E-state index contributed by atoms with van der Waals surface area (Å²) in [5, 5.41) is 0. The van der Waals surface area contributed by atoms with Gasteiger partial charge >= 0.3 is 0 Å². The Morgan fingerprint density at radius 1 is 0.769 bits per heavy atom. The summed E-state index contributed by atoms with van der Waals surface area (Å²) in [6.45, 7) is 7.49. The lowest BCUT2D eigenvalue weighted by Crippen LogP contribution is -2.26. The second kappa shape index (κ2) is 2.52. The quantitative estimate of drug-likeness (QED) is 0.532. The summed E-state index contributed by atoms with van der Waals surface area (Å²) in [6.07, 6.45) is 4.71. The van der Waals surface area contributed by atoms with Gasteiger partial charge in [0.1, 0.15) is 0 Å². The molecule has 0 aliphatic heterocycles. The van der Waals surface area contributed by atoms with E-state index >= 15 is 0 Å². The molecule has 13 heavy (non-hydrogen) atoms. The largest absolute Gasteiger partial charge is 0.0622 e. The molecular formula is C13H22. The van der Waals surface area contributed by atoms with E-state index in [4.69, 9.17) is 0 Å². The molecule has 0 aromatic heterocycles. The van der Waals surface area contributed by atoms with Crippen molar-refractivity contribution in [2.24, 2.45) is 41.4 Å². The number of fused-ring (bicyclic) bond motifs is 5. The Morgan fingerprint density at radius 2 is 1.54 bits per heavy atom. The molecule has 0 saturated heterocycles. The van der Waals surface area contributed by atoms with E-state index in [1.807, 2.05) is 0 Å². The van der Waals surface area contributed by atoms with Crippen molar-refractivity contribution in [3.8, 4) is 0 Å². The zero-order valence-electron chi connectivity index (χ0n) is 9.16. The highest BCUT2D eigenvalue weighted by molar-refractivity contribution is 5.05. The third kappa shape index (κ3) is 0.926. The minimum atomic E-state index is 1.02. The van der Waals surface area contributed by atoms with E-state index < -0.39 is 0 Å². The molecule has 3 rings (SSSR count). The van der Waals surface area contributed by atoms with Gasteiger partial charge in [0.05, 0.1) is 0 Å². The van der Waals surface area contributed by atoms with E-state index in [2.05, 4.69) is 20.8 Å². The molecule has 0 aromatic rings. The van der Waals surface area contributed by atoms with Crippen LogP contribution in [0, 0.1) is 41.4 Å². The average Bonchev–Trinajstić information content (AvgIpc) is 2.66. The van der Waals surface area contributed by atoms with Crippen molar-refractivity contribution in [2.45, 2.75) is 40.0 Å². The molecule has 3 saturated carbocycles. The Morgan fingerprint density at radius 3 is 2.31 bits per heavy atom. The molecule has 74 valence electrons. The van der Waals surface area contributed by atoms with Crippen molar-refractivity contribution in [1.29, 1.82) is 0 Å². The van der Waals surface area contributed by atoms with Gasteiger partial charge in [0.15, 0.2) is 0 Å². The summed E-state index contributed by atoms with van der Waals surface area (Å²) in [4.78, 5) is 0. The van der Waals surface area contributed by atoms with Gasteiger partial charge in [-0.25, -0.2) is 0 Å². The summed E-state index contributed by atoms with van der Waals surface area (Å²) in [5.74, 6) is 7.63. The highest BCUT2D eigenvalue weighted by Gasteiger charge is 2.56. The first kappa shape index (κ1) is 8.32. The lowest BCUT2D eigenvalue weighted by Gasteiger charge is -2.32. The SMILES string of the molecule is CC1CC2C3CC(C)C(C3)C2C1C. The van der Waals surface area contributed by atoms with Gasteiger partial charge in [0.25, 0.3) is 0 Å². The minimum absolute atomic E-state index is 1.02. The maximum absolute atomic E-state index is 2.52. The van der Waals surface area contributed by atoms with Crippen molar-refractivity contribution in [2.75, 3.05) is 0 Å². The van der Waals surface area contributed by atoms with Crippen molar-refractivity contribution >= 4 is 0 Å². The molecule has 0 N–H and O–H groups in total. The minimum Gasteiger partial charge on any atom is -0.0622 e. The molecule has 7 unspecified atom stereocenters. The molecule has 0 nitrogen and oxygen atoms in total. The topological polar surface area (TPSA) is 0 Å². The summed E-state index contributed by atoms with van der Waals surface area (Å²) < 4.78 is 0. The zero-order valence-corrected chi connectivity index (χ0v) is 9.16. The van der Waals surface area contributed by atoms with Crippen molar-refractivity contribution in [3.05, 3.63) is 0 Å². The van der Waals surface area contributed by atoms with Gasteiger partial charge in [-0.15, -0.1) is 0 Å². The number of hydrogen-bond acceptors (Lipinski definition) is 0. The van der Waals surface area contributed by atoms with Crippen LogP contribution in [0.2, 0.25) is 0 Å². The van der Waals surface area contributed by atoms with Crippen molar-refractivity contribution < 1.29 is 0 Å². The molecule has 3 aliphatic carbocycles. The summed E-state index contributed by atoms with van der Waals surface area (Å²) in [6, 6.07) is 0. The Bertz CT molecular complexity index is 218. The Hall–Kier alpha value is 0. The molecule has 3 aliphatic rings. The number of rotatable bonds is 0. The third-order valence-electron chi connectivity index (χ3n) is 5.72. The van der Waals surface area contributed by atoms with Crippen LogP contribution in [-0.2, 0) is 0 Å². The second-order valence-electron chi connectivity index (χ2n) is 6.19. The van der Waals surface area contributed by atoms with Crippen LogP contribution in [0.25, 0.3) is 0 Å². The van der Waals surface area contributed by atoms with Gasteiger partial charge in [-0.2, -0.15) is 0 Å². The third-order valence-corrected chi connectivity index (χ3v) is 5.72. The van der Waals surface area contributed by atoms with Gasteiger partial charge in [0, 0.05) is 0 Å². The van der Waals surface area contributed by atoms with E-state index in [0.29, 0.717) is 0 Å². The van der Waals surface area contributed by atoms with Crippen LogP contribution in [0.1, 0.15) is 40.0 Å². The van der Waals surface area contributed by atoms with Crippen LogP contribution >= 0.6 is 0 Å². The molecule has 0 aromatic carbocycles. The van der Waals surface area contributed by atoms with Crippen LogP contribution in [-0.4, -0.2) is 0 Å². The molecule has 0 heteroatoms. The van der Waals surface area contributed by atoms with Gasteiger partial charge in [0.2, 0.25) is 0 Å². The first-order valence-electron chi connectivity index (χ1n) is 6.18. The highest BCUT2D eigenvalue weighted by Crippen LogP contribution is 2.63. The van der Waals surface area contributed by atoms with E-state index in [-0.39, 0.29) is 0 Å². The maximum atomic E-state index is 2.52. The standard InChI is InChI=1S/C13H22/c1-7-5-12-10-4-8(2)11(6-10)13(12)9(7)3/h7-13H,4-6H2,1-3H3. The molecule has 0 radical (unpaired) electrons. The fraction of sp³-hybridized carbons (Fsp3) is 1.00. The predicted octanol–water partition coefficient (Wildman–Crippen LogP) is 3.57. The molecular weight excluding hydrogens is 156 g/mol. The monoisotopic (exact) mass is 178 g/mol. The molecule has 3 fully saturated rings. The van der Waals surface area contributed by atoms with Gasteiger partial charge in [-0.3, -0.25) is 0 Å². The molecule has 2 bridgehead atoms. The van der Waals surface area contributed by atoms with Crippen LogP contribution in [0.4, 0.5) is 0 Å². The fourth-order valence-corrected chi connectivity index (χ4v) is 5.00. The first-order chi connectivity index (χ1) is 6.18. The van der Waals surface area contributed by atoms with Crippen LogP contribution in [0.15, 0.2) is 0 Å². The zero-order chi connectivity index (χ0) is 9.16. The molecule has 0 amide bonds. The lowest BCUT2D eigenvalue weighted by molar-refractivity contribution is 0.166. The molecule has 0 heterocycles. The van der Waals surface area contributed by atoms with Crippen molar-refractivity contribution in [3.63, 3.8) is 0 Å². The highest BCUT2D eigenvalue weighted by atomic mass is 14.6. The van der Waals surface area contributed by atoms with E-state index in [1.165, 1.54) is 0 Å². The van der Waals surface area contributed by atoms with Crippen LogP contribution in [0.5, 0.6) is 0 Å². The Balaban J connectivity index is 1.90. The maximum Gasteiger partial charge on any atom is -0.0324 e. The second-order valence-corrected chi connectivity index (χ2v) is 6.19. The lowest BCUT2D eigenvalue weighted by atomic mass is 9.73. The van der Waals surface area contributed by atoms with Crippen molar-refractivity contribution in [1.82, 2.24) is 0 Å². The number of hydrogen-bond donors (Lipinski definition) is 0. The summed E-state index contributed by atoms with van der Waals surface area (Å²) >= 11 is 0. The van der Waals surface area contributed by atoms with Gasteiger partial charge in [-0.1, -0.05) is 20.8 Å². The normalized spacial score (nSPS) is 64.4. The summed E-state index contributed by atoms with van der Waals surface area (Å²) in [7, 11) is 0. The molecule has 7 atom stereocenters. The van der Waals surface area contributed by atoms with E-state index in [9.17, 15) is 0 Å². The summed E-state index contributed by atoms with van der Waals surface area (Å²) in [5.41, 5.74) is 0. The van der Waals surface area contributed by atoms with E-state index in [1.54, 1.807) is 19.3 Å². The fourth-order valence-electron chi connectivity index (χ4n) is 5.00. The Labute approximate surface area is 82.1 Å². The predicted molar refractivity (Wildman–Crippen MR) is 55.3 cm³/mol. The van der Waals surface area contributed by atoms with Crippen LogP contribution < -0.4 is 0 Å². The Kier molecular flexibility index (Phi) is 1.61. The van der Waals surface area contributed by atoms with Crippen LogP contribution in [0.3, 0.4) is 0 Å². The first-order valence-corrected chi connectivity index (χ1v) is 6.18. The van der Waals surface area contributed by atoms with Gasteiger partial charge < -0.3 is 0 Å². The van der Waals surface area contributed by atoms with Gasteiger partial charge in [-0.05, 0) is 60.7 Å². The van der Waals surface area contributed by atoms with E-state index in [0.717, 1.165) is 41.4 Å².